The fraction of sp³-hybridized carbons (Fsp3) is 0.786. The molecule has 0 radical (unpaired) electrons. The Bertz CT molecular complexity index is 428. The first kappa shape index (κ1) is 17.1. The first-order chi connectivity index (χ1) is 10.6. The molecular formula is C14H23N3O4S. The Kier molecular flexibility index (Phi) is 6.50. The fourth-order valence-electron chi connectivity index (χ4n) is 2.26. The van der Waals surface area contributed by atoms with E-state index in [4.69, 9.17) is 0 Å². The number of nitrogens with zero attached hydrogens (tertiary/aromatic N) is 1. The van der Waals surface area contributed by atoms with Gasteiger partial charge in [0.2, 0.25) is 11.8 Å². The van der Waals surface area contributed by atoms with Gasteiger partial charge in [-0.15, -0.1) is 11.8 Å². The van der Waals surface area contributed by atoms with Gasteiger partial charge in [-0.05, 0) is 25.7 Å². The number of aliphatic hydroxyl groups excluding tert-OH is 1. The molecule has 1 saturated heterocycles. The van der Waals surface area contributed by atoms with E-state index < -0.39 is 6.10 Å². The van der Waals surface area contributed by atoms with Gasteiger partial charge in [0.1, 0.15) is 6.10 Å². The smallest absolute Gasteiger partial charge is 0.251 e. The second kappa shape index (κ2) is 8.38. The predicted molar refractivity (Wildman–Crippen MR) is 83.3 cm³/mol. The number of aliphatic hydroxyl groups is 1. The monoisotopic (exact) mass is 329 g/mol. The Morgan fingerprint density at radius 2 is 1.95 bits per heavy atom. The molecule has 2 rings (SSSR count). The van der Waals surface area contributed by atoms with E-state index in [1.165, 1.54) is 11.8 Å². The molecule has 1 heterocycles. The molecule has 1 aliphatic heterocycles. The van der Waals surface area contributed by atoms with Crippen molar-refractivity contribution in [3.05, 3.63) is 0 Å². The van der Waals surface area contributed by atoms with Crippen molar-refractivity contribution in [1.82, 2.24) is 15.5 Å². The van der Waals surface area contributed by atoms with Crippen molar-refractivity contribution in [2.24, 2.45) is 0 Å². The first-order valence-corrected chi connectivity index (χ1v) is 8.82. The lowest BCUT2D eigenvalue weighted by Gasteiger charge is -2.29. The van der Waals surface area contributed by atoms with Crippen molar-refractivity contribution in [3.8, 4) is 0 Å². The second-order valence-corrected chi connectivity index (χ2v) is 6.65. The number of hydrogen-bond acceptors (Lipinski definition) is 5. The minimum atomic E-state index is -0.898. The number of rotatable bonds is 8. The van der Waals surface area contributed by atoms with Crippen LogP contribution >= 0.6 is 11.8 Å². The molecule has 3 amide bonds. The van der Waals surface area contributed by atoms with Crippen molar-refractivity contribution in [2.45, 2.75) is 37.8 Å². The summed E-state index contributed by atoms with van der Waals surface area (Å²) in [5.41, 5.74) is 0. The highest BCUT2D eigenvalue weighted by Crippen LogP contribution is 2.18. The standard InChI is InChI=1S/C14H23N3O4S/c18-11-2-1-6-17(14(11)21)7-5-15-12(19)8-22-9-13(20)16-10-3-4-10/h10-11,18H,1-9H2,(H,15,19)(H,16,20). The number of thioether (sulfide) groups is 1. The second-order valence-electron chi connectivity index (χ2n) is 5.67. The van der Waals surface area contributed by atoms with Crippen LogP contribution in [0.2, 0.25) is 0 Å². The van der Waals surface area contributed by atoms with Crippen molar-refractivity contribution in [3.63, 3.8) is 0 Å². The molecule has 1 aliphatic carbocycles. The highest BCUT2D eigenvalue weighted by Gasteiger charge is 2.26. The molecule has 3 N–H and O–H groups in total. The van der Waals surface area contributed by atoms with E-state index in [9.17, 15) is 19.5 Å². The summed E-state index contributed by atoms with van der Waals surface area (Å²) in [7, 11) is 0. The molecular weight excluding hydrogens is 306 g/mol. The molecule has 2 fully saturated rings. The van der Waals surface area contributed by atoms with Crippen LogP contribution in [0.4, 0.5) is 0 Å². The Morgan fingerprint density at radius 1 is 1.23 bits per heavy atom. The summed E-state index contributed by atoms with van der Waals surface area (Å²) in [5, 5.41) is 15.1. The third-order valence-corrected chi connectivity index (χ3v) is 4.55. The maximum atomic E-state index is 11.7. The van der Waals surface area contributed by atoms with Gasteiger partial charge in [0.05, 0.1) is 11.5 Å². The molecule has 0 aromatic carbocycles. The van der Waals surface area contributed by atoms with Crippen LogP contribution in [0.5, 0.6) is 0 Å². The average Bonchev–Trinajstić information content (AvgIpc) is 3.27. The topological polar surface area (TPSA) is 98.7 Å². The van der Waals surface area contributed by atoms with Crippen LogP contribution in [0, 0.1) is 0 Å². The first-order valence-electron chi connectivity index (χ1n) is 7.67. The highest BCUT2D eigenvalue weighted by molar-refractivity contribution is 8.00. The molecule has 8 heteroatoms. The molecule has 7 nitrogen and oxygen atoms in total. The van der Waals surface area contributed by atoms with Gasteiger partial charge in [-0.1, -0.05) is 0 Å². The average molecular weight is 329 g/mol. The maximum absolute atomic E-state index is 11.7. The van der Waals surface area contributed by atoms with Gasteiger partial charge >= 0.3 is 0 Å². The molecule has 1 saturated carbocycles. The van der Waals surface area contributed by atoms with Crippen molar-refractivity contribution >= 4 is 29.5 Å². The van der Waals surface area contributed by atoms with Gasteiger partial charge in [-0.3, -0.25) is 14.4 Å². The third-order valence-electron chi connectivity index (χ3n) is 3.61. The van der Waals surface area contributed by atoms with Gasteiger partial charge in [-0.25, -0.2) is 0 Å². The number of carbonyl (C=O) groups is 3. The SMILES string of the molecule is O=C(CSCC(=O)NC1CC1)NCCN1CCCC(O)C1=O. The van der Waals surface area contributed by atoms with Gasteiger partial charge in [-0.2, -0.15) is 0 Å². The largest absolute Gasteiger partial charge is 0.383 e. The number of nitrogens with one attached hydrogen (secondary N) is 2. The zero-order chi connectivity index (χ0) is 15.9. The summed E-state index contributed by atoms with van der Waals surface area (Å²) < 4.78 is 0. The summed E-state index contributed by atoms with van der Waals surface area (Å²) in [5.74, 6) is 0.101. The van der Waals surface area contributed by atoms with E-state index in [0.717, 1.165) is 19.3 Å². The molecule has 0 aromatic heterocycles. The minimum absolute atomic E-state index is 0.0202. The van der Waals surface area contributed by atoms with Crippen molar-refractivity contribution < 1.29 is 19.5 Å². The summed E-state index contributed by atoms with van der Waals surface area (Å²) in [6, 6.07) is 0.347. The lowest BCUT2D eigenvalue weighted by atomic mass is 10.1. The lowest BCUT2D eigenvalue weighted by molar-refractivity contribution is -0.143. The lowest BCUT2D eigenvalue weighted by Crippen LogP contribution is -2.47. The fourth-order valence-corrected chi connectivity index (χ4v) is 2.91. The van der Waals surface area contributed by atoms with E-state index in [2.05, 4.69) is 10.6 Å². The minimum Gasteiger partial charge on any atom is -0.383 e. The van der Waals surface area contributed by atoms with Crippen LogP contribution in [0.1, 0.15) is 25.7 Å². The summed E-state index contributed by atoms with van der Waals surface area (Å²) in [6.45, 7) is 1.41. The normalized spacial score (nSPS) is 21.6. The zero-order valence-corrected chi connectivity index (χ0v) is 13.4. The molecule has 0 spiro atoms. The van der Waals surface area contributed by atoms with E-state index in [-0.39, 0.29) is 23.5 Å². The van der Waals surface area contributed by atoms with Gasteiger partial charge in [0.15, 0.2) is 0 Å². The zero-order valence-electron chi connectivity index (χ0n) is 12.5. The summed E-state index contributed by atoms with van der Waals surface area (Å²) >= 11 is 1.28. The Hall–Kier alpha value is -1.28. The van der Waals surface area contributed by atoms with Crippen LogP contribution < -0.4 is 10.6 Å². The van der Waals surface area contributed by atoms with Gasteiger partial charge < -0.3 is 20.6 Å². The van der Waals surface area contributed by atoms with Crippen LogP contribution in [-0.4, -0.2) is 71.0 Å². The van der Waals surface area contributed by atoms with Gasteiger partial charge in [0.25, 0.3) is 5.91 Å². The molecule has 0 bridgehead atoms. The van der Waals surface area contributed by atoms with Crippen LogP contribution in [0.3, 0.4) is 0 Å². The van der Waals surface area contributed by atoms with Crippen LogP contribution in [-0.2, 0) is 14.4 Å². The Balaban J connectivity index is 1.51. The molecule has 124 valence electrons. The van der Waals surface area contributed by atoms with E-state index in [0.29, 0.717) is 37.8 Å². The molecule has 1 unspecified atom stereocenters. The number of carbonyl (C=O) groups excluding carboxylic acids is 3. The van der Waals surface area contributed by atoms with E-state index >= 15 is 0 Å². The number of amides is 3. The third kappa shape index (κ3) is 5.84. The number of likely N-dealkylation sites (tertiary alicyclic amines) is 1. The number of hydrogen-bond donors (Lipinski definition) is 3. The summed E-state index contributed by atoms with van der Waals surface area (Å²) in [4.78, 5) is 36.3. The van der Waals surface area contributed by atoms with Crippen molar-refractivity contribution in [2.75, 3.05) is 31.1 Å². The van der Waals surface area contributed by atoms with Gasteiger partial charge in [0, 0.05) is 25.7 Å². The van der Waals surface area contributed by atoms with Crippen LogP contribution in [0.25, 0.3) is 0 Å². The van der Waals surface area contributed by atoms with Crippen LogP contribution in [0.15, 0.2) is 0 Å². The Morgan fingerprint density at radius 3 is 2.68 bits per heavy atom. The molecule has 1 atom stereocenters. The van der Waals surface area contributed by atoms with E-state index in [1.54, 1.807) is 4.90 Å². The maximum Gasteiger partial charge on any atom is 0.251 e. The van der Waals surface area contributed by atoms with Crippen molar-refractivity contribution in [1.29, 1.82) is 0 Å². The quantitative estimate of drug-likeness (QED) is 0.536. The predicted octanol–water partition coefficient (Wildman–Crippen LogP) is -0.902. The molecule has 0 aromatic rings. The molecule has 22 heavy (non-hydrogen) atoms. The highest BCUT2D eigenvalue weighted by atomic mass is 32.2. The van der Waals surface area contributed by atoms with E-state index in [1.807, 2.05) is 0 Å². The Labute approximate surface area is 134 Å². The summed E-state index contributed by atoms with van der Waals surface area (Å²) in [6.07, 6.45) is 2.51. The molecule has 2 aliphatic rings. The number of piperidine rings is 1.